The molecule has 1 heterocycles. The monoisotopic (exact) mass is 311 g/mol. The summed E-state index contributed by atoms with van der Waals surface area (Å²) in [5.41, 5.74) is 7.33. The van der Waals surface area contributed by atoms with Gasteiger partial charge >= 0.3 is 0 Å². The quantitative estimate of drug-likeness (QED) is 0.819. The Kier molecular flexibility index (Phi) is 5.75. The van der Waals surface area contributed by atoms with Crippen LogP contribution in [-0.4, -0.2) is 40.0 Å². The summed E-state index contributed by atoms with van der Waals surface area (Å²) in [5, 5.41) is 0. The van der Waals surface area contributed by atoms with Crippen molar-refractivity contribution in [1.82, 2.24) is 9.62 Å². The van der Waals surface area contributed by atoms with E-state index in [0.717, 1.165) is 37.1 Å². The molecule has 1 unspecified atom stereocenters. The van der Waals surface area contributed by atoms with Gasteiger partial charge in [-0.05, 0) is 43.5 Å². The van der Waals surface area contributed by atoms with E-state index in [1.54, 1.807) is 0 Å². The smallest absolute Gasteiger partial charge is 0.215 e. The summed E-state index contributed by atoms with van der Waals surface area (Å²) in [4.78, 5) is 2.26. The van der Waals surface area contributed by atoms with Crippen molar-refractivity contribution in [3.8, 4) is 0 Å². The standard InChI is InChI=1S/C15H25N3O2S/c1-18-8-4-5-13(11-18)10-17-21(19,20)12-15-7-3-2-6-14(15)9-16/h2-3,6-7,13,17H,4-5,8-12,16H2,1H3. The number of likely N-dealkylation sites (tertiary alicyclic amines) is 1. The molecule has 0 bridgehead atoms. The fourth-order valence-corrected chi connectivity index (χ4v) is 4.12. The molecule has 6 heteroatoms. The van der Waals surface area contributed by atoms with E-state index in [2.05, 4.69) is 16.7 Å². The number of hydrogen-bond acceptors (Lipinski definition) is 4. The van der Waals surface area contributed by atoms with Crippen LogP contribution in [0.25, 0.3) is 0 Å². The number of benzene rings is 1. The summed E-state index contributed by atoms with van der Waals surface area (Å²) in [7, 11) is -1.23. The highest BCUT2D eigenvalue weighted by atomic mass is 32.2. The van der Waals surface area contributed by atoms with Crippen molar-refractivity contribution in [1.29, 1.82) is 0 Å². The van der Waals surface area contributed by atoms with Gasteiger partial charge in [0, 0.05) is 19.6 Å². The van der Waals surface area contributed by atoms with E-state index in [1.165, 1.54) is 0 Å². The zero-order chi connectivity index (χ0) is 15.3. The number of nitrogens with zero attached hydrogens (tertiary/aromatic N) is 1. The van der Waals surface area contributed by atoms with Gasteiger partial charge in [-0.1, -0.05) is 24.3 Å². The first-order chi connectivity index (χ1) is 10.00. The van der Waals surface area contributed by atoms with Gasteiger partial charge in [0.05, 0.1) is 5.75 Å². The average molecular weight is 311 g/mol. The van der Waals surface area contributed by atoms with E-state index in [0.29, 0.717) is 19.0 Å². The number of sulfonamides is 1. The van der Waals surface area contributed by atoms with Crippen molar-refractivity contribution in [3.63, 3.8) is 0 Å². The lowest BCUT2D eigenvalue weighted by molar-refractivity contribution is 0.211. The van der Waals surface area contributed by atoms with Crippen molar-refractivity contribution >= 4 is 10.0 Å². The highest BCUT2D eigenvalue weighted by Gasteiger charge is 2.20. The predicted octanol–water partition coefficient (Wildman–Crippen LogP) is 0.907. The maximum atomic E-state index is 12.2. The average Bonchev–Trinajstić information content (AvgIpc) is 2.46. The number of nitrogens with one attached hydrogen (secondary N) is 1. The van der Waals surface area contributed by atoms with E-state index in [1.807, 2.05) is 24.3 Å². The second kappa shape index (κ2) is 7.35. The molecule has 1 aromatic rings. The molecule has 1 aliphatic heterocycles. The maximum Gasteiger partial charge on any atom is 0.215 e. The van der Waals surface area contributed by atoms with E-state index < -0.39 is 10.0 Å². The van der Waals surface area contributed by atoms with Crippen LogP contribution in [0.4, 0.5) is 0 Å². The molecule has 2 rings (SSSR count). The molecule has 0 aromatic heterocycles. The third-order valence-corrected chi connectivity index (χ3v) is 5.30. The molecule has 1 aliphatic rings. The fourth-order valence-electron chi connectivity index (χ4n) is 2.84. The van der Waals surface area contributed by atoms with Gasteiger partial charge in [0.1, 0.15) is 0 Å². The molecule has 3 N–H and O–H groups in total. The van der Waals surface area contributed by atoms with Crippen molar-refractivity contribution in [2.75, 3.05) is 26.7 Å². The molecule has 0 radical (unpaired) electrons. The second-order valence-corrected chi connectivity index (χ2v) is 7.66. The summed E-state index contributed by atoms with van der Waals surface area (Å²) < 4.78 is 27.2. The fraction of sp³-hybridized carbons (Fsp3) is 0.600. The van der Waals surface area contributed by atoms with Gasteiger partial charge in [-0.2, -0.15) is 0 Å². The first-order valence-corrected chi connectivity index (χ1v) is 9.08. The molecule has 5 nitrogen and oxygen atoms in total. The van der Waals surface area contributed by atoms with E-state index >= 15 is 0 Å². The Morgan fingerprint density at radius 2 is 2.05 bits per heavy atom. The van der Waals surface area contributed by atoms with Crippen LogP contribution < -0.4 is 10.5 Å². The Morgan fingerprint density at radius 3 is 2.71 bits per heavy atom. The summed E-state index contributed by atoms with van der Waals surface area (Å²) in [6.45, 7) is 2.95. The van der Waals surface area contributed by atoms with Crippen molar-refractivity contribution < 1.29 is 8.42 Å². The normalized spacial score (nSPS) is 20.6. The molecule has 21 heavy (non-hydrogen) atoms. The van der Waals surface area contributed by atoms with Gasteiger partial charge in [-0.25, -0.2) is 13.1 Å². The SMILES string of the molecule is CN1CCCC(CNS(=O)(=O)Cc2ccccc2CN)C1. The molecular weight excluding hydrogens is 286 g/mol. The Bertz CT molecular complexity index is 560. The first kappa shape index (κ1) is 16.4. The van der Waals surface area contributed by atoms with Gasteiger partial charge in [-0.3, -0.25) is 0 Å². The highest BCUT2D eigenvalue weighted by Crippen LogP contribution is 2.15. The first-order valence-electron chi connectivity index (χ1n) is 7.43. The van der Waals surface area contributed by atoms with Crippen molar-refractivity contribution in [2.24, 2.45) is 11.7 Å². The van der Waals surface area contributed by atoms with Gasteiger partial charge in [0.15, 0.2) is 0 Å². The van der Waals surface area contributed by atoms with Crippen LogP contribution in [0.5, 0.6) is 0 Å². The molecule has 0 saturated carbocycles. The Hall–Kier alpha value is -0.950. The lowest BCUT2D eigenvalue weighted by atomic mass is 9.99. The Morgan fingerprint density at radius 1 is 1.33 bits per heavy atom. The number of piperidine rings is 1. The van der Waals surface area contributed by atoms with Crippen LogP contribution in [0.3, 0.4) is 0 Å². The number of rotatable bonds is 6. The molecule has 1 fully saturated rings. The van der Waals surface area contributed by atoms with E-state index in [9.17, 15) is 8.42 Å². The van der Waals surface area contributed by atoms with Crippen LogP contribution in [0.15, 0.2) is 24.3 Å². The lowest BCUT2D eigenvalue weighted by Gasteiger charge is -2.29. The van der Waals surface area contributed by atoms with Gasteiger partial charge < -0.3 is 10.6 Å². The van der Waals surface area contributed by atoms with E-state index in [-0.39, 0.29) is 5.75 Å². The van der Waals surface area contributed by atoms with Crippen LogP contribution in [-0.2, 0) is 22.3 Å². The summed E-state index contributed by atoms with van der Waals surface area (Å²) >= 11 is 0. The van der Waals surface area contributed by atoms with Crippen molar-refractivity contribution in [2.45, 2.75) is 25.1 Å². The molecule has 0 amide bonds. The molecule has 118 valence electrons. The zero-order valence-electron chi connectivity index (χ0n) is 12.6. The van der Waals surface area contributed by atoms with Gasteiger partial charge in [-0.15, -0.1) is 0 Å². The van der Waals surface area contributed by atoms with Crippen LogP contribution >= 0.6 is 0 Å². The molecule has 0 aliphatic carbocycles. The predicted molar refractivity (Wildman–Crippen MR) is 85.2 cm³/mol. The number of hydrogen-bond donors (Lipinski definition) is 2. The second-order valence-electron chi connectivity index (χ2n) is 5.85. The van der Waals surface area contributed by atoms with Crippen LogP contribution in [0.1, 0.15) is 24.0 Å². The highest BCUT2D eigenvalue weighted by molar-refractivity contribution is 7.88. The lowest BCUT2D eigenvalue weighted by Crippen LogP contribution is -2.39. The summed E-state index contributed by atoms with van der Waals surface area (Å²) in [5.74, 6) is 0.409. The molecule has 1 saturated heterocycles. The van der Waals surface area contributed by atoms with Crippen molar-refractivity contribution in [3.05, 3.63) is 35.4 Å². The minimum absolute atomic E-state index is 0.00291. The largest absolute Gasteiger partial charge is 0.326 e. The Labute approximate surface area is 127 Å². The third-order valence-electron chi connectivity index (χ3n) is 4.00. The molecule has 1 aromatic carbocycles. The van der Waals surface area contributed by atoms with Gasteiger partial charge in [0.25, 0.3) is 0 Å². The molecule has 1 atom stereocenters. The van der Waals surface area contributed by atoms with E-state index in [4.69, 9.17) is 5.73 Å². The minimum Gasteiger partial charge on any atom is -0.326 e. The molecule has 0 spiro atoms. The third kappa shape index (κ3) is 5.07. The maximum absolute atomic E-state index is 12.2. The minimum atomic E-state index is -3.31. The molecular formula is C15H25N3O2S. The Balaban J connectivity index is 1.92. The van der Waals surface area contributed by atoms with Gasteiger partial charge in [0.2, 0.25) is 10.0 Å². The summed E-state index contributed by atoms with van der Waals surface area (Å²) in [6.07, 6.45) is 2.23. The van der Waals surface area contributed by atoms with Crippen LogP contribution in [0, 0.1) is 5.92 Å². The van der Waals surface area contributed by atoms with Crippen LogP contribution in [0.2, 0.25) is 0 Å². The zero-order valence-corrected chi connectivity index (χ0v) is 13.4. The number of nitrogens with two attached hydrogens (primary N) is 1. The topological polar surface area (TPSA) is 75.4 Å². The summed E-state index contributed by atoms with van der Waals surface area (Å²) in [6, 6.07) is 7.43.